The van der Waals surface area contributed by atoms with Crippen LogP contribution in [0.2, 0.25) is 0 Å². The molecular weight excluding hydrogens is 446 g/mol. The number of nitrogens with zero attached hydrogens (tertiary/aromatic N) is 3. The van der Waals surface area contributed by atoms with Crippen LogP contribution in [0.25, 0.3) is 15.5 Å². The summed E-state index contributed by atoms with van der Waals surface area (Å²) in [5.74, 6) is 0.408. The molecule has 7 heteroatoms. The molecule has 1 aliphatic carbocycles. The lowest BCUT2D eigenvalue weighted by atomic mass is 9.70. The van der Waals surface area contributed by atoms with E-state index in [1.165, 1.54) is 15.9 Å². The molecule has 2 aromatic carbocycles. The minimum Gasteiger partial charge on any atom is -0.442 e. The number of Topliss-reactive ketones (excluding diaryl/α,β-unsaturated/α-hetero) is 1. The van der Waals surface area contributed by atoms with Crippen molar-refractivity contribution in [1.29, 1.82) is 0 Å². The summed E-state index contributed by atoms with van der Waals surface area (Å²) < 4.78 is 7.59. The molecule has 0 fully saturated rings. The first kappa shape index (κ1) is 21.0. The number of ketones is 1. The van der Waals surface area contributed by atoms with Gasteiger partial charge in [-0.2, -0.15) is 14.6 Å². The molecule has 4 aromatic rings. The van der Waals surface area contributed by atoms with E-state index in [4.69, 9.17) is 9.72 Å². The van der Waals surface area contributed by atoms with Crippen LogP contribution in [0, 0.1) is 12.3 Å². The molecule has 0 radical (unpaired) electrons. The largest absolute Gasteiger partial charge is 0.442 e. The van der Waals surface area contributed by atoms with E-state index in [1.54, 1.807) is 0 Å². The smallest absolute Gasteiger partial charge is 0.283 e. The average Bonchev–Trinajstić information content (AvgIpc) is 3.22. The highest BCUT2D eigenvalue weighted by molar-refractivity contribution is 7.19. The lowest BCUT2D eigenvalue weighted by molar-refractivity contribution is -0.118. The zero-order chi connectivity index (χ0) is 23.6. The number of rotatable bonds is 2. The van der Waals surface area contributed by atoms with Crippen LogP contribution >= 0.6 is 11.3 Å². The molecule has 0 spiro atoms. The van der Waals surface area contributed by atoms with Crippen LogP contribution in [0.4, 0.5) is 0 Å². The Labute approximate surface area is 200 Å². The number of benzene rings is 2. The molecule has 1 aliphatic heterocycles. The van der Waals surface area contributed by atoms with Gasteiger partial charge in [0.25, 0.3) is 5.56 Å². The second-order valence-electron chi connectivity index (χ2n) is 9.83. The van der Waals surface area contributed by atoms with E-state index in [2.05, 4.69) is 18.9 Å². The SMILES string of the molecule is Cc1cccc(C2C3=C(CC(C)(C)CC3=O)Oc3nc4sc(-c5ccccc5)nn4c(=O)c32)c1. The van der Waals surface area contributed by atoms with Gasteiger partial charge in [-0.3, -0.25) is 9.59 Å². The Morgan fingerprint density at radius 3 is 2.62 bits per heavy atom. The van der Waals surface area contributed by atoms with Gasteiger partial charge in [-0.25, -0.2) is 0 Å². The summed E-state index contributed by atoms with van der Waals surface area (Å²) in [4.78, 5) is 32.5. The molecule has 0 bridgehead atoms. The van der Waals surface area contributed by atoms with Gasteiger partial charge >= 0.3 is 0 Å². The number of carbonyl (C=O) groups excluding carboxylic acids is 1. The van der Waals surface area contributed by atoms with E-state index < -0.39 is 5.92 Å². The van der Waals surface area contributed by atoms with Gasteiger partial charge < -0.3 is 4.74 Å². The third-order valence-electron chi connectivity index (χ3n) is 6.48. The predicted octanol–water partition coefficient (Wildman–Crippen LogP) is 5.29. The Balaban J connectivity index is 1.61. The fourth-order valence-corrected chi connectivity index (χ4v) is 5.88. The first-order valence-corrected chi connectivity index (χ1v) is 12.1. The maximum absolute atomic E-state index is 13.8. The molecule has 2 aliphatic rings. The highest BCUT2D eigenvalue weighted by atomic mass is 32.1. The monoisotopic (exact) mass is 469 g/mol. The standard InChI is InChI=1S/C27H23N3O3S/c1-15-8-7-11-17(12-15)20-21-18(31)13-27(2,3)14-19(21)33-23-22(20)25(32)30-26(28-23)34-24(29-30)16-9-5-4-6-10-16/h4-12,20H,13-14H2,1-3H3. The minimum atomic E-state index is -0.527. The predicted molar refractivity (Wildman–Crippen MR) is 131 cm³/mol. The second kappa shape index (κ2) is 7.46. The number of allylic oxidation sites excluding steroid dienone is 2. The third kappa shape index (κ3) is 3.30. The quantitative estimate of drug-likeness (QED) is 0.399. The molecule has 6 rings (SSSR count). The van der Waals surface area contributed by atoms with E-state index in [0.717, 1.165) is 16.7 Å². The molecule has 1 atom stereocenters. The van der Waals surface area contributed by atoms with Crippen LogP contribution in [0.15, 0.2) is 70.7 Å². The molecule has 0 saturated carbocycles. The Kier molecular flexibility index (Phi) is 4.61. The fourth-order valence-electron chi connectivity index (χ4n) is 5.00. The molecule has 2 aromatic heterocycles. The summed E-state index contributed by atoms with van der Waals surface area (Å²) in [6.07, 6.45) is 1.04. The zero-order valence-electron chi connectivity index (χ0n) is 19.2. The first-order valence-electron chi connectivity index (χ1n) is 11.3. The maximum atomic E-state index is 13.8. The van der Waals surface area contributed by atoms with Crippen molar-refractivity contribution in [2.45, 2.75) is 39.5 Å². The van der Waals surface area contributed by atoms with Crippen molar-refractivity contribution in [3.8, 4) is 16.5 Å². The number of hydrogen-bond donors (Lipinski definition) is 0. The topological polar surface area (TPSA) is 73.6 Å². The molecule has 6 nitrogen and oxygen atoms in total. The first-order chi connectivity index (χ1) is 16.3. The number of ether oxygens (including phenoxy) is 1. The van der Waals surface area contributed by atoms with Crippen molar-refractivity contribution < 1.29 is 9.53 Å². The normalized spacial score (nSPS) is 19.0. The third-order valence-corrected chi connectivity index (χ3v) is 7.44. The number of hydrogen-bond acceptors (Lipinski definition) is 6. The summed E-state index contributed by atoms with van der Waals surface area (Å²) in [5, 5.41) is 5.29. The van der Waals surface area contributed by atoms with Crippen LogP contribution in [0.1, 0.15) is 49.3 Å². The summed E-state index contributed by atoms with van der Waals surface area (Å²) in [7, 11) is 0. The van der Waals surface area contributed by atoms with E-state index in [0.29, 0.717) is 39.7 Å². The second-order valence-corrected chi connectivity index (χ2v) is 10.8. The molecule has 1 unspecified atom stereocenters. The van der Waals surface area contributed by atoms with Crippen molar-refractivity contribution in [1.82, 2.24) is 14.6 Å². The van der Waals surface area contributed by atoms with E-state index in [9.17, 15) is 9.59 Å². The average molecular weight is 470 g/mol. The summed E-state index contributed by atoms with van der Waals surface area (Å²) >= 11 is 1.34. The maximum Gasteiger partial charge on any atom is 0.283 e. The fraction of sp³-hybridized carbons (Fsp3) is 0.259. The van der Waals surface area contributed by atoms with Gasteiger partial charge in [0.2, 0.25) is 10.8 Å². The van der Waals surface area contributed by atoms with Gasteiger partial charge in [-0.05, 0) is 17.9 Å². The summed E-state index contributed by atoms with van der Waals surface area (Å²) in [5.41, 5.74) is 3.31. The van der Waals surface area contributed by atoms with Gasteiger partial charge in [-0.15, -0.1) is 0 Å². The molecule has 170 valence electrons. The lowest BCUT2D eigenvalue weighted by Crippen LogP contribution is -2.36. The van der Waals surface area contributed by atoms with Crippen molar-refractivity contribution in [2.24, 2.45) is 5.41 Å². The van der Waals surface area contributed by atoms with Gasteiger partial charge in [-0.1, -0.05) is 85.3 Å². The molecule has 3 heterocycles. The highest BCUT2D eigenvalue weighted by Gasteiger charge is 2.44. The Bertz CT molecular complexity index is 1560. The molecular formula is C27H23N3O3S. The Morgan fingerprint density at radius 1 is 1.06 bits per heavy atom. The van der Waals surface area contributed by atoms with Gasteiger partial charge in [0.1, 0.15) is 10.8 Å². The van der Waals surface area contributed by atoms with E-state index in [-0.39, 0.29) is 22.6 Å². The summed E-state index contributed by atoms with van der Waals surface area (Å²) in [6, 6.07) is 17.7. The van der Waals surface area contributed by atoms with Crippen molar-refractivity contribution in [2.75, 3.05) is 0 Å². The molecule has 34 heavy (non-hydrogen) atoms. The van der Waals surface area contributed by atoms with Gasteiger partial charge in [0, 0.05) is 24.0 Å². The van der Waals surface area contributed by atoms with Crippen molar-refractivity contribution in [3.63, 3.8) is 0 Å². The molecule has 0 amide bonds. The number of fused-ring (bicyclic) bond motifs is 2. The number of aryl methyl sites for hydroxylation is 1. The highest BCUT2D eigenvalue weighted by Crippen LogP contribution is 2.48. The van der Waals surface area contributed by atoms with E-state index in [1.807, 2.05) is 61.5 Å². The van der Waals surface area contributed by atoms with Crippen LogP contribution in [-0.2, 0) is 4.79 Å². The molecule has 0 N–H and O–H groups in total. The van der Waals surface area contributed by atoms with Crippen LogP contribution in [-0.4, -0.2) is 20.4 Å². The van der Waals surface area contributed by atoms with E-state index >= 15 is 0 Å². The van der Waals surface area contributed by atoms with Crippen LogP contribution < -0.4 is 10.3 Å². The van der Waals surface area contributed by atoms with Crippen LogP contribution in [0.3, 0.4) is 0 Å². The summed E-state index contributed by atoms with van der Waals surface area (Å²) in [6.45, 7) is 6.14. The number of aromatic nitrogens is 3. The van der Waals surface area contributed by atoms with Crippen molar-refractivity contribution >= 4 is 22.1 Å². The van der Waals surface area contributed by atoms with Gasteiger partial charge in [0.05, 0.1) is 11.5 Å². The van der Waals surface area contributed by atoms with Gasteiger partial charge in [0.15, 0.2) is 5.78 Å². The molecule has 0 saturated heterocycles. The minimum absolute atomic E-state index is 0.0242. The van der Waals surface area contributed by atoms with Crippen molar-refractivity contribution in [3.05, 3.63) is 93.0 Å². The van der Waals surface area contributed by atoms with Crippen LogP contribution in [0.5, 0.6) is 5.88 Å². The Morgan fingerprint density at radius 2 is 1.85 bits per heavy atom. The number of carbonyl (C=O) groups is 1. The Hall–Kier alpha value is -3.58. The zero-order valence-corrected chi connectivity index (χ0v) is 20.0. The lowest BCUT2D eigenvalue weighted by Gasteiger charge is -2.37.